The normalized spacial score (nSPS) is 9.43. The molecule has 0 aromatic rings. The second kappa shape index (κ2) is 8.90. The van der Waals surface area contributed by atoms with Gasteiger partial charge in [0, 0.05) is 18.2 Å². The average molecular weight is 217 g/mol. The standard InChI is InChI=1S/C11H17ClO2/c1-10(2)9-14-11(13)7-5-3-4-6-8-12/h10H,3-4,6,8-9H2,1-2H3. The molecule has 0 rings (SSSR count). The zero-order valence-corrected chi connectivity index (χ0v) is 9.56. The molecule has 14 heavy (non-hydrogen) atoms. The summed E-state index contributed by atoms with van der Waals surface area (Å²) in [6.07, 6.45) is 2.59. The van der Waals surface area contributed by atoms with E-state index in [1.165, 1.54) is 0 Å². The van der Waals surface area contributed by atoms with Gasteiger partial charge in [-0.3, -0.25) is 0 Å². The third-order valence-electron chi connectivity index (χ3n) is 1.42. The fourth-order valence-corrected chi connectivity index (χ4v) is 0.910. The molecule has 0 aromatic carbocycles. The highest BCUT2D eigenvalue weighted by Crippen LogP contribution is 1.95. The molecule has 0 aliphatic rings. The fourth-order valence-electron chi connectivity index (χ4n) is 0.721. The molecule has 0 aliphatic heterocycles. The monoisotopic (exact) mass is 216 g/mol. The van der Waals surface area contributed by atoms with Crippen LogP contribution in [0.1, 0.15) is 33.1 Å². The van der Waals surface area contributed by atoms with Crippen molar-refractivity contribution in [3.8, 4) is 11.8 Å². The maximum absolute atomic E-state index is 11.0. The van der Waals surface area contributed by atoms with Gasteiger partial charge in [-0.1, -0.05) is 19.8 Å². The molecule has 0 aliphatic carbocycles. The molecule has 0 radical (unpaired) electrons. The summed E-state index contributed by atoms with van der Waals surface area (Å²) >= 11 is 5.49. The number of esters is 1. The van der Waals surface area contributed by atoms with E-state index in [1.807, 2.05) is 13.8 Å². The van der Waals surface area contributed by atoms with Crippen molar-refractivity contribution in [3.05, 3.63) is 0 Å². The summed E-state index contributed by atoms with van der Waals surface area (Å²) in [4.78, 5) is 11.0. The van der Waals surface area contributed by atoms with Gasteiger partial charge in [-0.2, -0.15) is 0 Å². The zero-order chi connectivity index (χ0) is 10.8. The van der Waals surface area contributed by atoms with Crippen LogP contribution in [0, 0.1) is 17.8 Å². The topological polar surface area (TPSA) is 26.3 Å². The first-order valence-electron chi connectivity index (χ1n) is 4.88. The first-order chi connectivity index (χ1) is 6.66. The molecular weight excluding hydrogens is 200 g/mol. The molecule has 0 aromatic heterocycles. The van der Waals surface area contributed by atoms with Crippen molar-refractivity contribution in [2.75, 3.05) is 12.5 Å². The van der Waals surface area contributed by atoms with E-state index in [4.69, 9.17) is 16.3 Å². The third kappa shape index (κ3) is 9.41. The smallest absolute Gasteiger partial charge is 0.384 e. The number of hydrogen-bond donors (Lipinski definition) is 0. The van der Waals surface area contributed by atoms with Gasteiger partial charge in [0.05, 0.1) is 6.61 Å². The number of rotatable bonds is 5. The Kier molecular flexibility index (Phi) is 8.47. The lowest BCUT2D eigenvalue weighted by Crippen LogP contribution is -2.07. The third-order valence-corrected chi connectivity index (χ3v) is 1.69. The first-order valence-corrected chi connectivity index (χ1v) is 5.42. The Hall–Kier alpha value is -0.680. The van der Waals surface area contributed by atoms with Gasteiger partial charge in [-0.15, -0.1) is 11.6 Å². The van der Waals surface area contributed by atoms with Gasteiger partial charge < -0.3 is 4.74 Å². The Morgan fingerprint density at radius 3 is 2.71 bits per heavy atom. The molecule has 0 spiro atoms. The van der Waals surface area contributed by atoms with Crippen LogP contribution in [-0.2, 0) is 9.53 Å². The first kappa shape index (κ1) is 13.3. The highest BCUT2D eigenvalue weighted by molar-refractivity contribution is 6.17. The van der Waals surface area contributed by atoms with Gasteiger partial charge in [-0.25, -0.2) is 4.79 Å². The predicted octanol–water partition coefficient (Wildman–Crippen LogP) is 2.60. The predicted molar refractivity (Wildman–Crippen MR) is 58.1 cm³/mol. The molecule has 3 heteroatoms. The molecule has 0 saturated carbocycles. The SMILES string of the molecule is CC(C)COC(=O)C#CCCCCCl. The lowest BCUT2D eigenvalue weighted by atomic mass is 10.2. The van der Waals surface area contributed by atoms with Crippen LogP contribution in [0.25, 0.3) is 0 Å². The molecule has 80 valence electrons. The molecule has 0 bridgehead atoms. The highest BCUT2D eigenvalue weighted by atomic mass is 35.5. The van der Waals surface area contributed by atoms with Gasteiger partial charge in [-0.05, 0) is 18.8 Å². The van der Waals surface area contributed by atoms with E-state index in [0.29, 0.717) is 24.8 Å². The van der Waals surface area contributed by atoms with Gasteiger partial charge in [0.2, 0.25) is 0 Å². The van der Waals surface area contributed by atoms with E-state index in [2.05, 4.69) is 11.8 Å². The van der Waals surface area contributed by atoms with Crippen molar-refractivity contribution in [1.82, 2.24) is 0 Å². The number of ether oxygens (including phenoxy) is 1. The van der Waals surface area contributed by atoms with Gasteiger partial charge in [0.25, 0.3) is 0 Å². The maximum Gasteiger partial charge on any atom is 0.384 e. The summed E-state index contributed by atoms with van der Waals surface area (Å²) < 4.78 is 4.87. The number of unbranched alkanes of at least 4 members (excludes halogenated alkanes) is 2. The molecular formula is C11H17ClO2. The minimum atomic E-state index is -0.426. The Morgan fingerprint density at radius 1 is 1.43 bits per heavy atom. The van der Waals surface area contributed by atoms with Crippen molar-refractivity contribution in [2.24, 2.45) is 5.92 Å². The van der Waals surface area contributed by atoms with Gasteiger partial charge >= 0.3 is 5.97 Å². The number of hydrogen-bond acceptors (Lipinski definition) is 2. The highest BCUT2D eigenvalue weighted by Gasteiger charge is 1.98. The maximum atomic E-state index is 11.0. The average Bonchev–Trinajstić information content (AvgIpc) is 2.14. The lowest BCUT2D eigenvalue weighted by molar-refractivity contribution is -0.137. The van der Waals surface area contributed by atoms with Crippen LogP contribution in [0.4, 0.5) is 0 Å². The molecule has 0 amide bonds. The molecule has 0 fully saturated rings. The van der Waals surface area contributed by atoms with Crippen LogP contribution >= 0.6 is 11.6 Å². The second-order valence-electron chi connectivity index (χ2n) is 3.44. The molecule has 0 unspecified atom stereocenters. The Bertz CT molecular complexity index is 213. The van der Waals surface area contributed by atoms with Gasteiger partial charge in [0.1, 0.15) is 0 Å². The van der Waals surface area contributed by atoms with E-state index in [9.17, 15) is 4.79 Å². The molecule has 0 heterocycles. The van der Waals surface area contributed by atoms with Crippen molar-refractivity contribution in [2.45, 2.75) is 33.1 Å². The van der Waals surface area contributed by atoms with Crippen LogP contribution in [-0.4, -0.2) is 18.5 Å². The van der Waals surface area contributed by atoms with E-state index in [1.54, 1.807) is 0 Å². The number of alkyl halides is 1. The van der Waals surface area contributed by atoms with Crippen molar-refractivity contribution >= 4 is 17.6 Å². The molecule has 0 atom stereocenters. The van der Waals surface area contributed by atoms with E-state index < -0.39 is 5.97 Å². The number of carbonyl (C=O) groups is 1. The van der Waals surface area contributed by atoms with Crippen molar-refractivity contribution in [3.63, 3.8) is 0 Å². The minimum Gasteiger partial charge on any atom is -0.456 e. The lowest BCUT2D eigenvalue weighted by Gasteiger charge is -2.02. The summed E-state index contributed by atoms with van der Waals surface area (Å²) in [6, 6.07) is 0. The second-order valence-corrected chi connectivity index (χ2v) is 3.82. The summed E-state index contributed by atoms with van der Waals surface area (Å²) in [5.41, 5.74) is 0. The minimum absolute atomic E-state index is 0.358. The quantitative estimate of drug-likeness (QED) is 0.232. The zero-order valence-electron chi connectivity index (χ0n) is 8.81. The van der Waals surface area contributed by atoms with Gasteiger partial charge in [0.15, 0.2) is 0 Å². The van der Waals surface area contributed by atoms with E-state index in [0.717, 1.165) is 12.8 Å². The number of carbonyl (C=O) groups excluding carboxylic acids is 1. The van der Waals surface area contributed by atoms with Crippen LogP contribution in [0.5, 0.6) is 0 Å². The van der Waals surface area contributed by atoms with E-state index >= 15 is 0 Å². The summed E-state index contributed by atoms with van der Waals surface area (Å²) in [5.74, 6) is 5.79. The fraction of sp³-hybridized carbons (Fsp3) is 0.727. The van der Waals surface area contributed by atoms with E-state index in [-0.39, 0.29) is 0 Å². The number of halogens is 1. The Morgan fingerprint density at radius 2 is 2.14 bits per heavy atom. The van der Waals surface area contributed by atoms with Crippen molar-refractivity contribution in [1.29, 1.82) is 0 Å². The molecule has 0 N–H and O–H groups in total. The molecule has 2 nitrogen and oxygen atoms in total. The Balaban J connectivity index is 3.49. The van der Waals surface area contributed by atoms with Crippen LogP contribution in [0.15, 0.2) is 0 Å². The summed E-state index contributed by atoms with van der Waals surface area (Å²) in [5, 5.41) is 0. The molecule has 0 saturated heterocycles. The Labute approximate surface area is 91.0 Å². The van der Waals surface area contributed by atoms with Crippen LogP contribution in [0.3, 0.4) is 0 Å². The summed E-state index contributed by atoms with van der Waals surface area (Å²) in [7, 11) is 0. The van der Waals surface area contributed by atoms with Crippen LogP contribution < -0.4 is 0 Å². The van der Waals surface area contributed by atoms with Crippen LogP contribution in [0.2, 0.25) is 0 Å². The summed E-state index contributed by atoms with van der Waals surface area (Å²) in [6.45, 7) is 4.41. The largest absolute Gasteiger partial charge is 0.456 e. The van der Waals surface area contributed by atoms with Crippen molar-refractivity contribution < 1.29 is 9.53 Å².